The molecule has 2 aromatic heterocycles. The summed E-state index contributed by atoms with van der Waals surface area (Å²) in [7, 11) is 0. The van der Waals surface area contributed by atoms with E-state index < -0.39 is 5.56 Å². The van der Waals surface area contributed by atoms with E-state index in [4.69, 9.17) is 18.0 Å². The molecular weight excluding hydrogens is 244 g/mol. The first-order valence-corrected chi connectivity index (χ1v) is 5.65. The van der Waals surface area contributed by atoms with Gasteiger partial charge in [-0.15, -0.1) is 11.3 Å². The van der Waals surface area contributed by atoms with Gasteiger partial charge in [-0.05, 0) is 23.7 Å². The van der Waals surface area contributed by atoms with Gasteiger partial charge < -0.3 is 10.7 Å². The molecular formula is C9H8N4OS2. The lowest BCUT2D eigenvalue weighted by Gasteiger charge is -1.97. The van der Waals surface area contributed by atoms with E-state index in [1.807, 2.05) is 17.5 Å². The quantitative estimate of drug-likeness (QED) is 0.563. The summed E-state index contributed by atoms with van der Waals surface area (Å²) in [6.45, 7) is 0. The second-order valence-corrected chi connectivity index (χ2v) is 4.33. The maximum absolute atomic E-state index is 11.5. The summed E-state index contributed by atoms with van der Waals surface area (Å²) in [5.41, 5.74) is 5.36. The normalized spacial score (nSPS) is 11.0. The van der Waals surface area contributed by atoms with E-state index in [-0.39, 0.29) is 16.3 Å². The van der Waals surface area contributed by atoms with Gasteiger partial charge >= 0.3 is 0 Å². The summed E-state index contributed by atoms with van der Waals surface area (Å²) in [5, 5.41) is 1.92. The van der Waals surface area contributed by atoms with Crippen LogP contribution in [0.25, 0.3) is 0 Å². The molecule has 0 atom stereocenters. The predicted octanol–water partition coefficient (Wildman–Crippen LogP) is 1.83. The Morgan fingerprint density at radius 2 is 2.31 bits per heavy atom. The number of anilines is 1. The van der Waals surface area contributed by atoms with Gasteiger partial charge in [0.2, 0.25) is 0 Å². The molecule has 0 aliphatic carbocycles. The molecule has 0 amide bonds. The molecule has 2 heterocycles. The standard InChI is InChI=1S/C9H8N4OS2/c10-7-6(8(14)13-9(15)12-7)11-4-5-2-1-3-16-5/h1-4H,(H4,10,12,13,14,15). The lowest BCUT2D eigenvalue weighted by molar-refractivity contribution is 1.09. The van der Waals surface area contributed by atoms with Gasteiger partial charge in [0.1, 0.15) is 5.82 Å². The summed E-state index contributed by atoms with van der Waals surface area (Å²) < 4.78 is 0.192. The minimum absolute atomic E-state index is 0.141. The zero-order valence-electron chi connectivity index (χ0n) is 8.06. The van der Waals surface area contributed by atoms with E-state index >= 15 is 0 Å². The van der Waals surface area contributed by atoms with Crippen molar-refractivity contribution in [2.75, 3.05) is 5.73 Å². The van der Waals surface area contributed by atoms with Crippen molar-refractivity contribution < 1.29 is 0 Å². The molecule has 4 N–H and O–H groups in total. The second kappa shape index (κ2) is 4.42. The van der Waals surface area contributed by atoms with Crippen LogP contribution in [-0.4, -0.2) is 16.2 Å². The zero-order valence-corrected chi connectivity index (χ0v) is 9.69. The van der Waals surface area contributed by atoms with Gasteiger partial charge in [0.05, 0.1) is 0 Å². The number of aliphatic imine (C=N–C) groups is 1. The summed E-state index contributed by atoms with van der Waals surface area (Å²) >= 11 is 6.29. The third-order valence-corrected chi connectivity index (χ3v) is 2.82. The molecule has 0 aliphatic heterocycles. The van der Waals surface area contributed by atoms with Crippen LogP contribution in [0.2, 0.25) is 0 Å². The SMILES string of the molecule is Nc1[nH]c(=S)[nH]c(=O)c1N=Cc1cccs1. The van der Waals surface area contributed by atoms with E-state index in [0.717, 1.165) is 4.88 Å². The Kier molecular flexibility index (Phi) is 2.97. The van der Waals surface area contributed by atoms with Gasteiger partial charge in [-0.1, -0.05) is 6.07 Å². The van der Waals surface area contributed by atoms with Crippen LogP contribution >= 0.6 is 23.6 Å². The van der Waals surface area contributed by atoms with Crippen molar-refractivity contribution in [1.29, 1.82) is 0 Å². The number of H-pyrrole nitrogens is 2. The predicted molar refractivity (Wildman–Crippen MR) is 68.2 cm³/mol. The fourth-order valence-corrected chi connectivity index (χ4v) is 1.91. The molecule has 0 saturated heterocycles. The van der Waals surface area contributed by atoms with Crippen molar-refractivity contribution in [2.45, 2.75) is 0 Å². The fraction of sp³-hybridized carbons (Fsp3) is 0. The van der Waals surface area contributed by atoms with Crippen LogP contribution in [-0.2, 0) is 0 Å². The van der Waals surface area contributed by atoms with Crippen LogP contribution < -0.4 is 11.3 Å². The van der Waals surface area contributed by atoms with Crippen molar-refractivity contribution in [3.8, 4) is 0 Å². The fourth-order valence-electron chi connectivity index (χ4n) is 1.12. The Hall–Kier alpha value is -1.73. The highest BCUT2D eigenvalue weighted by molar-refractivity contribution is 7.71. The molecule has 0 radical (unpaired) electrons. The van der Waals surface area contributed by atoms with Crippen LogP contribution in [0.15, 0.2) is 27.3 Å². The van der Waals surface area contributed by atoms with Gasteiger partial charge in [-0.3, -0.25) is 9.78 Å². The molecule has 7 heteroatoms. The zero-order chi connectivity index (χ0) is 11.5. The molecule has 0 saturated carbocycles. The average molecular weight is 252 g/mol. The van der Waals surface area contributed by atoms with E-state index in [0.29, 0.717) is 0 Å². The number of nitrogens with one attached hydrogen (secondary N) is 2. The number of hydrogen-bond donors (Lipinski definition) is 3. The Bertz CT molecular complexity index is 624. The smallest absolute Gasteiger partial charge is 0.279 e. The maximum atomic E-state index is 11.5. The van der Waals surface area contributed by atoms with Gasteiger partial charge in [-0.25, -0.2) is 4.99 Å². The van der Waals surface area contributed by atoms with Crippen LogP contribution in [0.1, 0.15) is 4.88 Å². The van der Waals surface area contributed by atoms with Gasteiger partial charge in [0.15, 0.2) is 10.5 Å². The monoisotopic (exact) mass is 252 g/mol. The number of rotatable bonds is 2. The van der Waals surface area contributed by atoms with Crippen molar-refractivity contribution >= 4 is 41.3 Å². The molecule has 2 aromatic rings. The number of nitrogens with zero attached hydrogens (tertiary/aromatic N) is 1. The summed E-state index contributed by atoms with van der Waals surface area (Å²) in [6.07, 6.45) is 1.59. The molecule has 0 aromatic carbocycles. The Labute approximate surface area is 99.7 Å². The molecule has 0 bridgehead atoms. The van der Waals surface area contributed by atoms with Crippen LogP contribution in [0, 0.1) is 4.77 Å². The van der Waals surface area contributed by atoms with Crippen molar-refractivity contribution in [2.24, 2.45) is 4.99 Å². The Balaban J connectivity index is 2.43. The molecule has 16 heavy (non-hydrogen) atoms. The highest BCUT2D eigenvalue weighted by Crippen LogP contribution is 2.13. The molecule has 0 spiro atoms. The Morgan fingerprint density at radius 3 is 2.94 bits per heavy atom. The van der Waals surface area contributed by atoms with E-state index in [9.17, 15) is 4.79 Å². The first-order chi connectivity index (χ1) is 7.66. The van der Waals surface area contributed by atoms with E-state index in [1.165, 1.54) is 11.3 Å². The number of aromatic amines is 2. The first-order valence-electron chi connectivity index (χ1n) is 4.36. The number of aromatic nitrogens is 2. The summed E-state index contributed by atoms with van der Waals surface area (Å²) in [5.74, 6) is 0.168. The average Bonchev–Trinajstić information content (AvgIpc) is 2.68. The van der Waals surface area contributed by atoms with E-state index in [1.54, 1.807) is 6.21 Å². The van der Waals surface area contributed by atoms with Crippen LogP contribution in [0.4, 0.5) is 11.5 Å². The van der Waals surface area contributed by atoms with Gasteiger partial charge in [0.25, 0.3) is 5.56 Å². The molecule has 0 unspecified atom stereocenters. The first kappa shape index (κ1) is 10.8. The van der Waals surface area contributed by atoms with Gasteiger partial charge in [-0.2, -0.15) is 0 Å². The minimum atomic E-state index is -0.394. The number of nitrogens with two attached hydrogens (primary N) is 1. The Morgan fingerprint density at radius 1 is 1.50 bits per heavy atom. The third kappa shape index (κ3) is 2.26. The number of hydrogen-bond acceptors (Lipinski definition) is 5. The molecule has 2 rings (SSSR count). The second-order valence-electron chi connectivity index (χ2n) is 2.94. The maximum Gasteiger partial charge on any atom is 0.279 e. The van der Waals surface area contributed by atoms with Crippen LogP contribution in [0.3, 0.4) is 0 Å². The largest absolute Gasteiger partial charge is 0.383 e. The van der Waals surface area contributed by atoms with Crippen LogP contribution in [0.5, 0.6) is 0 Å². The third-order valence-electron chi connectivity index (χ3n) is 1.81. The molecule has 0 aliphatic rings. The summed E-state index contributed by atoms with van der Waals surface area (Å²) in [4.78, 5) is 21.5. The molecule has 5 nitrogen and oxygen atoms in total. The van der Waals surface area contributed by atoms with Crippen molar-refractivity contribution in [3.05, 3.63) is 37.5 Å². The highest BCUT2D eigenvalue weighted by Gasteiger charge is 2.02. The molecule has 0 fully saturated rings. The number of thiophene rings is 1. The topological polar surface area (TPSA) is 87.0 Å². The molecule has 82 valence electrons. The lowest BCUT2D eigenvalue weighted by atomic mass is 10.4. The van der Waals surface area contributed by atoms with Crippen molar-refractivity contribution in [3.63, 3.8) is 0 Å². The van der Waals surface area contributed by atoms with Crippen molar-refractivity contribution in [1.82, 2.24) is 9.97 Å². The lowest BCUT2D eigenvalue weighted by Crippen LogP contribution is -2.10. The summed E-state index contributed by atoms with van der Waals surface area (Å²) in [6, 6.07) is 3.79. The van der Waals surface area contributed by atoms with Gasteiger partial charge in [0, 0.05) is 11.1 Å². The number of nitrogen functional groups attached to an aromatic ring is 1. The minimum Gasteiger partial charge on any atom is -0.383 e. The van der Waals surface area contributed by atoms with E-state index in [2.05, 4.69) is 15.0 Å². The highest BCUT2D eigenvalue weighted by atomic mass is 32.1.